The first-order valence-electron chi connectivity index (χ1n) is 13.7. The van der Waals surface area contributed by atoms with Crippen molar-refractivity contribution in [2.45, 2.75) is 104 Å². The molecular formula is C29H50O3. The van der Waals surface area contributed by atoms with Gasteiger partial charge in [0.05, 0.1) is 6.10 Å². The van der Waals surface area contributed by atoms with Crippen molar-refractivity contribution in [3.63, 3.8) is 0 Å². The van der Waals surface area contributed by atoms with Gasteiger partial charge in [-0.2, -0.15) is 0 Å². The molecule has 0 radical (unpaired) electrons. The van der Waals surface area contributed by atoms with E-state index in [9.17, 15) is 5.11 Å². The van der Waals surface area contributed by atoms with Gasteiger partial charge in [0.15, 0.2) is 0 Å². The Morgan fingerprint density at radius 3 is 2.62 bits per heavy atom. The van der Waals surface area contributed by atoms with E-state index in [0.29, 0.717) is 36.3 Å². The fraction of sp³-hybridized carbons (Fsp3) is 0.931. The molecule has 9 atom stereocenters. The second kappa shape index (κ2) is 10.1. The predicted octanol–water partition coefficient (Wildman–Crippen LogP) is 6.99. The van der Waals surface area contributed by atoms with E-state index < -0.39 is 0 Å². The first-order chi connectivity index (χ1) is 15.3. The molecule has 1 N–H and O–H groups in total. The molecular weight excluding hydrogens is 396 g/mol. The molecule has 184 valence electrons. The minimum absolute atomic E-state index is 0.341. The van der Waals surface area contributed by atoms with Gasteiger partial charge in [-0.15, -0.1) is 0 Å². The standard InChI is InChI=1S/C29H50O3/c1-20(18-30)7-6-8-21(2)25-11-12-26-24-10-9-22-17-23(32-19-31-5)13-15-28(22,3)27(24)14-16-29(25,26)4/h9,20-21,23-27,30H,6-8,10-19H2,1-5H3/t20?,21-,23?,24+,25-,26+,27+,28+,29-/m1/s1. The highest BCUT2D eigenvalue weighted by molar-refractivity contribution is 5.25. The molecule has 3 fully saturated rings. The Morgan fingerprint density at radius 1 is 1.06 bits per heavy atom. The van der Waals surface area contributed by atoms with E-state index in [-0.39, 0.29) is 0 Å². The predicted molar refractivity (Wildman–Crippen MR) is 131 cm³/mol. The zero-order chi connectivity index (χ0) is 22.9. The lowest BCUT2D eigenvalue weighted by Gasteiger charge is -2.58. The number of aliphatic hydroxyl groups excluding tert-OH is 1. The molecule has 0 spiro atoms. The van der Waals surface area contributed by atoms with E-state index in [0.717, 1.165) is 36.0 Å². The van der Waals surface area contributed by atoms with Gasteiger partial charge in [0, 0.05) is 13.7 Å². The van der Waals surface area contributed by atoms with Gasteiger partial charge in [-0.25, -0.2) is 0 Å². The maximum absolute atomic E-state index is 9.36. The van der Waals surface area contributed by atoms with Gasteiger partial charge in [-0.3, -0.25) is 0 Å². The van der Waals surface area contributed by atoms with Crippen LogP contribution in [0.3, 0.4) is 0 Å². The Morgan fingerprint density at radius 2 is 1.88 bits per heavy atom. The Kier molecular flexibility index (Phi) is 7.79. The summed E-state index contributed by atoms with van der Waals surface area (Å²) in [4.78, 5) is 0. The molecule has 0 saturated heterocycles. The monoisotopic (exact) mass is 446 g/mol. The minimum Gasteiger partial charge on any atom is -0.396 e. The normalized spacial score (nSPS) is 43.1. The lowest BCUT2D eigenvalue weighted by Crippen LogP contribution is -2.51. The smallest absolute Gasteiger partial charge is 0.146 e. The van der Waals surface area contributed by atoms with Gasteiger partial charge < -0.3 is 14.6 Å². The zero-order valence-electron chi connectivity index (χ0n) is 21.6. The summed E-state index contributed by atoms with van der Waals surface area (Å²) in [5, 5.41) is 9.36. The molecule has 0 heterocycles. The van der Waals surface area contributed by atoms with Crippen molar-refractivity contribution >= 4 is 0 Å². The molecule has 0 aromatic heterocycles. The third-order valence-electron chi connectivity index (χ3n) is 10.9. The molecule has 0 aliphatic heterocycles. The highest BCUT2D eigenvalue weighted by atomic mass is 16.7. The summed E-state index contributed by atoms with van der Waals surface area (Å²) in [5.74, 6) is 4.87. The summed E-state index contributed by atoms with van der Waals surface area (Å²) in [7, 11) is 1.72. The van der Waals surface area contributed by atoms with Gasteiger partial charge in [0.25, 0.3) is 0 Å². The van der Waals surface area contributed by atoms with Crippen LogP contribution in [0.5, 0.6) is 0 Å². The van der Waals surface area contributed by atoms with E-state index in [2.05, 4.69) is 33.8 Å². The molecule has 32 heavy (non-hydrogen) atoms. The molecule has 0 aromatic carbocycles. The van der Waals surface area contributed by atoms with Crippen molar-refractivity contribution < 1.29 is 14.6 Å². The van der Waals surface area contributed by atoms with Crippen LogP contribution in [0.1, 0.15) is 98.3 Å². The molecule has 4 aliphatic rings. The highest BCUT2D eigenvalue weighted by Gasteiger charge is 2.59. The van der Waals surface area contributed by atoms with E-state index in [1.54, 1.807) is 12.7 Å². The largest absolute Gasteiger partial charge is 0.396 e. The van der Waals surface area contributed by atoms with E-state index in [1.165, 1.54) is 64.2 Å². The van der Waals surface area contributed by atoms with Gasteiger partial charge in [-0.1, -0.05) is 52.2 Å². The van der Waals surface area contributed by atoms with Crippen molar-refractivity contribution in [1.82, 2.24) is 0 Å². The van der Waals surface area contributed by atoms with Crippen molar-refractivity contribution in [3.8, 4) is 0 Å². The number of aliphatic hydroxyl groups is 1. The SMILES string of the molecule is COCOC1CC[C@@]2(C)C(=CC[C@H]3[C@@H]4CC[C@H]([C@H](C)CCCC(C)CO)[C@@]4(C)CC[C@@H]32)C1. The number of ether oxygens (including phenoxy) is 2. The van der Waals surface area contributed by atoms with Crippen molar-refractivity contribution in [3.05, 3.63) is 11.6 Å². The third-order valence-corrected chi connectivity index (χ3v) is 10.9. The number of hydrogen-bond acceptors (Lipinski definition) is 3. The Labute approximate surface area is 197 Å². The first-order valence-corrected chi connectivity index (χ1v) is 13.7. The van der Waals surface area contributed by atoms with E-state index in [1.807, 2.05) is 0 Å². The Hall–Kier alpha value is -0.380. The lowest BCUT2D eigenvalue weighted by molar-refractivity contribution is -0.0985. The van der Waals surface area contributed by atoms with E-state index in [4.69, 9.17) is 9.47 Å². The van der Waals surface area contributed by atoms with Crippen LogP contribution in [0, 0.1) is 46.3 Å². The average molecular weight is 447 g/mol. The summed E-state index contributed by atoms with van der Waals surface area (Å²) in [5.41, 5.74) is 2.65. The maximum atomic E-state index is 9.36. The van der Waals surface area contributed by atoms with Gasteiger partial charge >= 0.3 is 0 Å². The zero-order valence-corrected chi connectivity index (χ0v) is 21.6. The average Bonchev–Trinajstić information content (AvgIpc) is 3.14. The highest BCUT2D eigenvalue weighted by Crippen LogP contribution is 2.67. The van der Waals surface area contributed by atoms with Crippen LogP contribution in [-0.2, 0) is 9.47 Å². The fourth-order valence-electron chi connectivity index (χ4n) is 8.99. The molecule has 3 nitrogen and oxygen atoms in total. The molecule has 0 amide bonds. The van der Waals surface area contributed by atoms with Gasteiger partial charge in [0.2, 0.25) is 0 Å². The second-order valence-electron chi connectivity index (χ2n) is 12.6. The van der Waals surface area contributed by atoms with Gasteiger partial charge in [-0.05, 0) is 104 Å². The van der Waals surface area contributed by atoms with Crippen LogP contribution >= 0.6 is 0 Å². The number of fused-ring (bicyclic) bond motifs is 5. The third kappa shape index (κ3) is 4.48. The molecule has 0 bridgehead atoms. The number of methoxy groups -OCH3 is 1. The molecule has 4 rings (SSSR count). The van der Waals surface area contributed by atoms with Crippen molar-refractivity contribution in [2.75, 3.05) is 20.5 Å². The summed E-state index contributed by atoms with van der Waals surface area (Å²) < 4.78 is 11.1. The lowest BCUT2D eigenvalue weighted by atomic mass is 9.47. The van der Waals surface area contributed by atoms with Crippen molar-refractivity contribution in [1.29, 1.82) is 0 Å². The minimum atomic E-state index is 0.341. The first kappa shape index (κ1) is 24.7. The second-order valence-corrected chi connectivity index (χ2v) is 12.6. The van der Waals surface area contributed by atoms with Crippen LogP contribution in [0.4, 0.5) is 0 Å². The summed E-state index contributed by atoms with van der Waals surface area (Å²) in [6.07, 6.45) is 17.5. The summed E-state index contributed by atoms with van der Waals surface area (Å²) in [6, 6.07) is 0. The fourth-order valence-corrected chi connectivity index (χ4v) is 8.99. The van der Waals surface area contributed by atoms with Crippen LogP contribution in [0.25, 0.3) is 0 Å². The van der Waals surface area contributed by atoms with Crippen LogP contribution in [-0.4, -0.2) is 31.7 Å². The molecule has 0 aromatic rings. The molecule has 2 unspecified atom stereocenters. The molecule has 3 saturated carbocycles. The number of allylic oxidation sites excluding steroid dienone is 1. The molecule has 4 aliphatic carbocycles. The van der Waals surface area contributed by atoms with Crippen LogP contribution in [0.15, 0.2) is 11.6 Å². The van der Waals surface area contributed by atoms with Crippen molar-refractivity contribution in [2.24, 2.45) is 46.3 Å². The van der Waals surface area contributed by atoms with Crippen LogP contribution in [0.2, 0.25) is 0 Å². The quantitative estimate of drug-likeness (QED) is 0.306. The topological polar surface area (TPSA) is 38.7 Å². The maximum Gasteiger partial charge on any atom is 0.146 e. The Balaban J connectivity index is 1.42. The Bertz CT molecular complexity index is 659. The van der Waals surface area contributed by atoms with Gasteiger partial charge in [0.1, 0.15) is 6.79 Å². The van der Waals surface area contributed by atoms with Crippen LogP contribution < -0.4 is 0 Å². The summed E-state index contributed by atoms with van der Waals surface area (Å²) in [6.45, 7) is 10.8. The summed E-state index contributed by atoms with van der Waals surface area (Å²) >= 11 is 0. The number of rotatable bonds is 9. The van der Waals surface area contributed by atoms with E-state index >= 15 is 0 Å². The number of hydrogen-bond donors (Lipinski definition) is 1. The molecule has 3 heteroatoms.